The van der Waals surface area contributed by atoms with Crippen LogP contribution in [0.1, 0.15) is 11.1 Å². The summed E-state index contributed by atoms with van der Waals surface area (Å²) >= 11 is 0. The number of sulfonamides is 1. The maximum Gasteiger partial charge on any atom is 0.270 e. The van der Waals surface area contributed by atoms with Crippen molar-refractivity contribution in [2.75, 3.05) is 11.4 Å². The Kier molecular flexibility index (Phi) is 6.45. The number of nitrogens with zero attached hydrogens (tertiary/aromatic N) is 5. The maximum absolute atomic E-state index is 14.2. The second kappa shape index (κ2) is 9.88. The van der Waals surface area contributed by atoms with Crippen LogP contribution in [0.4, 0.5) is 15.9 Å². The lowest BCUT2D eigenvalue weighted by Crippen LogP contribution is -2.27. The number of methoxy groups -OCH3 is 1. The van der Waals surface area contributed by atoms with Crippen LogP contribution in [0.3, 0.4) is 0 Å². The molecule has 3 aromatic carbocycles. The molecule has 5 rings (SSSR count). The second-order valence-corrected chi connectivity index (χ2v) is 10.2. The number of aryl methyl sites for hydroxylation is 1. The summed E-state index contributed by atoms with van der Waals surface area (Å²) in [6.07, 6.45) is 5.88. The van der Waals surface area contributed by atoms with Crippen LogP contribution >= 0.6 is 0 Å². The largest absolute Gasteiger partial charge is 0.495 e. The number of hydrogen-bond donors (Lipinski definition) is 0. The Hall–Kier alpha value is -4.88. The van der Waals surface area contributed by atoms with Crippen molar-refractivity contribution in [3.8, 4) is 22.9 Å². The third-order valence-corrected chi connectivity index (χ3v) is 7.77. The molecule has 0 unspecified atom stereocenters. The van der Waals surface area contributed by atoms with E-state index in [-0.39, 0.29) is 33.5 Å². The van der Waals surface area contributed by atoms with E-state index in [0.717, 1.165) is 9.69 Å². The lowest BCUT2D eigenvalue weighted by Gasteiger charge is -2.26. The molecule has 2 heterocycles. The average Bonchev–Trinajstić information content (AvgIpc) is 2.94. The molecule has 0 saturated heterocycles. The van der Waals surface area contributed by atoms with E-state index in [1.54, 1.807) is 55.7 Å². The summed E-state index contributed by atoms with van der Waals surface area (Å²) in [5, 5.41) is 11.5. The van der Waals surface area contributed by atoms with Gasteiger partial charge in [0.05, 0.1) is 23.6 Å². The quantitative estimate of drug-likeness (QED) is 0.286. The van der Waals surface area contributed by atoms with E-state index in [1.807, 2.05) is 0 Å². The molecule has 188 valence electrons. The zero-order valence-corrected chi connectivity index (χ0v) is 21.1. The zero-order valence-electron chi connectivity index (χ0n) is 20.3. The predicted octanol–water partition coefficient (Wildman–Crippen LogP) is 5.55. The highest BCUT2D eigenvalue weighted by Crippen LogP contribution is 2.42. The monoisotopic (exact) mass is 525 g/mol. The van der Waals surface area contributed by atoms with Gasteiger partial charge in [-0.1, -0.05) is 12.1 Å². The number of pyridine rings is 1. The molecule has 0 N–H and O–H groups in total. The first kappa shape index (κ1) is 24.8. The number of ether oxygens (including phenoxy) is 1. The molecule has 0 radical (unpaired) electrons. The van der Waals surface area contributed by atoms with E-state index in [9.17, 15) is 18.1 Å². The molecule has 0 saturated carbocycles. The fraction of sp³-hybridized carbons (Fsp3) is 0.0714. The van der Waals surface area contributed by atoms with Crippen LogP contribution in [-0.4, -0.2) is 30.5 Å². The smallest absolute Gasteiger partial charge is 0.270 e. The SMILES string of the molecule is COc1cc(-c2ccc(F)c(C)c2)c(C#N)cc1N(c1ccncn1)S(=O)(=O)c1ccc2cnccc2c1. The van der Waals surface area contributed by atoms with Crippen LogP contribution in [-0.2, 0) is 10.0 Å². The molecule has 0 atom stereocenters. The van der Waals surface area contributed by atoms with Crippen molar-refractivity contribution in [2.45, 2.75) is 11.8 Å². The van der Waals surface area contributed by atoms with Crippen molar-refractivity contribution in [3.05, 3.63) is 103 Å². The summed E-state index contributed by atoms with van der Waals surface area (Å²) in [6.45, 7) is 1.62. The summed E-state index contributed by atoms with van der Waals surface area (Å²) in [5.74, 6) is -0.140. The predicted molar refractivity (Wildman–Crippen MR) is 141 cm³/mol. The van der Waals surface area contributed by atoms with Gasteiger partial charge in [0.25, 0.3) is 10.0 Å². The van der Waals surface area contributed by atoms with Gasteiger partial charge in [-0.3, -0.25) is 4.98 Å². The molecule has 0 aliphatic rings. The molecule has 0 spiro atoms. The number of nitriles is 1. The van der Waals surface area contributed by atoms with Crippen molar-refractivity contribution in [2.24, 2.45) is 0 Å². The van der Waals surface area contributed by atoms with E-state index in [1.165, 1.54) is 43.9 Å². The zero-order chi connectivity index (χ0) is 26.9. The maximum atomic E-state index is 14.2. The van der Waals surface area contributed by atoms with Crippen LogP contribution in [0, 0.1) is 24.1 Å². The molecule has 0 aliphatic heterocycles. The third-order valence-electron chi connectivity index (χ3n) is 6.05. The molecular weight excluding hydrogens is 505 g/mol. The molecule has 0 aliphatic carbocycles. The van der Waals surface area contributed by atoms with E-state index < -0.39 is 10.0 Å². The van der Waals surface area contributed by atoms with E-state index in [2.05, 4.69) is 21.0 Å². The molecule has 0 bridgehead atoms. The van der Waals surface area contributed by atoms with Gasteiger partial charge in [0, 0.05) is 35.6 Å². The summed E-state index contributed by atoms with van der Waals surface area (Å²) in [5.41, 5.74) is 1.72. The van der Waals surface area contributed by atoms with E-state index in [0.29, 0.717) is 22.1 Å². The van der Waals surface area contributed by atoms with Gasteiger partial charge < -0.3 is 4.74 Å². The first-order valence-corrected chi connectivity index (χ1v) is 12.8. The summed E-state index contributed by atoms with van der Waals surface area (Å²) < 4.78 is 48.9. The minimum Gasteiger partial charge on any atom is -0.495 e. The van der Waals surface area contributed by atoms with Crippen LogP contribution in [0.5, 0.6) is 5.75 Å². The first-order valence-electron chi connectivity index (χ1n) is 11.4. The van der Waals surface area contributed by atoms with Crippen molar-refractivity contribution >= 4 is 32.3 Å². The Morgan fingerprint density at radius 1 is 0.974 bits per heavy atom. The highest BCUT2D eigenvalue weighted by Gasteiger charge is 2.31. The number of halogens is 1. The van der Waals surface area contributed by atoms with Gasteiger partial charge in [0.15, 0.2) is 5.82 Å². The standard InChI is InChI=1S/C28H20FN5O3S/c1-18-11-20(4-6-25(18)29)24-14-27(37-2)26(13-22(24)15-30)34(28-8-10-32-17-33-28)38(35,36)23-5-3-21-16-31-9-7-19(21)12-23/h3-14,16-17H,1-2H3. The van der Waals surface area contributed by atoms with Crippen LogP contribution in [0.25, 0.3) is 21.9 Å². The highest BCUT2D eigenvalue weighted by atomic mass is 32.2. The third kappa shape index (κ3) is 4.40. The Labute approximate surface area is 218 Å². The van der Waals surface area contributed by atoms with Gasteiger partial charge in [0.1, 0.15) is 23.6 Å². The van der Waals surface area contributed by atoms with Crippen molar-refractivity contribution < 1.29 is 17.5 Å². The fourth-order valence-corrected chi connectivity index (χ4v) is 5.62. The van der Waals surface area contributed by atoms with Gasteiger partial charge in [-0.25, -0.2) is 27.1 Å². The Morgan fingerprint density at radius 2 is 1.79 bits per heavy atom. The lowest BCUT2D eigenvalue weighted by molar-refractivity contribution is 0.416. The number of benzene rings is 3. The average molecular weight is 526 g/mol. The first-order chi connectivity index (χ1) is 18.3. The molecule has 38 heavy (non-hydrogen) atoms. The number of rotatable bonds is 6. The van der Waals surface area contributed by atoms with Crippen LogP contribution in [0.2, 0.25) is 0 Å². The number of aromatic nitrogens is 3. The van der Waals surface area contributed by atoms with Crippen LogP contribution < -0.4 is 9.04 Å². The summed E-state index contributed by atoms with van der Waals surface area (Å²) in [7, 11) is -2.86. The Morgan fingerprint density at radius 3 is 2.50 bits per heavy atom. The minimum absolute atomic E-state index is 0.00797. The molecule has 0 amide bonds. The number of fused-ring (bicyclic) bond motifs is 1. The van der Waals surface area contributed by atoms with Crippen molar-refractivity contribution in [1.29, 1.82) is 5.26 Å². The van der Waals surface area contributed by atoms with Gasteiger partial charge in [-0.05, 0) is 65.9 Å². The summed E-state index contributed by atoms with van der Waals surface area (Å²) in [6, 6.07) is 17.5. The molecular formula is C28H20FN5O3S. The van der Waals surface area contributed by atoms with Gasteiger partial charge in [-0.2, -0.15) is 5.26 Å². The normalized spacial score (nSPS) is 11.2. The number of hydrogen-bond acceptors (Lipinski definition) is 7. The minimum atomic E-state index is -4.26. The summed E-state index contributed by atoms with van der Waals surface area (Å²) in [4.78, 5) is 12.2. The molecule has 2 aromatic heterocycles. The lowest BCUT2D eigenvalue weighted by atomic mass is 9.97. The fourth-order valence-electron chi connectivity index (χ4n) is 4.14. The van der Waals surface area contributed by atoms with Gasteiger partial charge in [-0.15, -0.1) is 0 Å². The highest BCUT2D eigenvalue weighted by molar-refractivity contribution is 7.93. The molecule has 8 nitrogen and oxygen atoms in total. The van der Waals surface area contributed by atoms with Gasteiger partial charge in [0.2, 0.25) is 0 Å². The van der Waals surface area contributed by atoms with E-state index in [4.69, 9.17) is 4.74 Å². The van der Waals surface area contributed by atoms with Gasteiger partial charge >= 0.3 is 0 Å². The Bertz CT molecular complexity index is 1820. The second-order valence-electron chi connectivity index (χ2n) is 8.37. The van der Waals surface area contributed by atoms with E-state index >= 15 is 0 Å². The molecule has 10 heteroatoms. The van der Waals surface area contributed by atoms with Crippen molar-refractivity contribution in [1.82, 2.24) is 15.0 Å². The molecule has 0 fully saturated rings. The Balaban J connectivity index is 1.75. The van der Waals surface area contributed by atoms with Crippen molar-refractivity contribution in [3.63, 3.8) is 0 Å². The molecule has 5 aromatic rings. The number of anilines is 2. The topological polar surface area (TPSA) is 109 Å². The van der Waals surface area contributed by atoms with Crippen LogP contribution in [0.15, 0.2) is 90.5 Å².